The van der Waals surface area contributed by atoms with Crippen LogP contribution in [0.1, 0.15) is 41.6 Å². The summed E-state index contributed by atoms with van der Waals surface area (Å²) in [5, 5.41) is 12.3. The van der Waals surface area contributed by atoms with Gasteiger partial charge in [-0.1, -0.05) is 98.4 Å². The molecule has 0 bridgehead atoms. The lowest BCUT2D eigenvalue weighted by molar-refractivity contribution is -0.268. The number of thioether (sulfide) groups is 1. The van der Waals surface area contributed by atoms with Gasteiger partial charge in [-0.15, -0.1) is 11.8 Å². The second kappa shape index (κ2) is 15.0. The van der Waals surface area contributed by atoms with E-state index < -0.39 is 12.4 Å². The van der Waals surface area contributed by atoms with Crippen LogP contribution in [0.5, 0.6) is 0 Å². The van der Waals surface area contributed by atoms with Crippen molar-refractivity contribution in [3.8, 4) is 11.1 Å². The molecule has 4 aromatic carbocycles. The molecular weight excluding hydrogens is 558 g/mol. The Kier molecular flexibility index (Phi) is 10.7. The molecule has 1 aliphatic heterocycles. The topological polar surface area (TPSA) is 77.0 Å². The average Bonchev–Trinajstić information content (AvgIpc) is 3.06. The van der Waals surface area contributed by atoms with Crippen LogP contribution in [0.3, 0.4) is 0 Å². The fourth-order valence-electron chi connectivity index (χ4n) is 5.09. The molecule has 0 aliphatic carbocycles. The molecule has 5 rings (SSSR count). The Labute approximate surface area is 257 Å². The number of alkyl carbamates (subject to hydrolysis) is 1. The highest BCUT2D eigenvalue weighted by molar-refractivity contribution is 7.99. The van der Waals surface area contributed by atoms with Crippen LogP contribution in [-0.2, 0) is 27.4 Å². The summed E-state index contributed by atoms with van der Waals surface area (Å²) in [5.41, 5.74) is 5.88. The van der Waals surface area contributed by atoms with Crippen LogP contribution in [0.15, 0.2) is 121 Å². The Morgan fingerprint density at radius 3 is 2.40 bits per heavy atom. The highest BCUT2D eigenvalue weighted by atomic mass is 32.2. The minimum Gasteiger partial charge on any atom is -0.445 e. The molecule has 0 unspecified atom stereocenters. The lowest BCUT2D eigenvalue weighted by Crippen LogP contribution is -2.38. The van der Waals surface area contributed by atoms with Gasteiger partial charge in [-0.2, -0.15) is 0 Å². The van der Waals surface area contributed by atoms with Crippen molar-refractivity contribution in [2.75, 3.05) is 12.4 Å². The molecule has 1 aliphatic rings. The van der Waals surface area contributed by atoms with Crippen molar-refractivity contribution in [3.05, 3.63) is 138 Å². The normalized spacial score (nSPS) is 19.9. The number of nitrogens with one attached hydrogen (secondary N) is 1. The third kappa shape index (κ3) is 8.15. The molecule has 0 saturated carbocycles. The summed E-state index contributed by atoms with van der Waals surface area (Å²) in [6.45, 7) is 6.27. The fourth-order valence-corrected chi connectivity index (χ4v) is 6.18. The maximum absolute atomic E-state index is 11.9. The Bertz CT molecular complexity index is 1490. The maximum atomic E-state index is 11.9. The van der Waals surface area contributed by atoms with Gasteiger partial charge in [0.05, 0.1) is 18.8 Å². The molecule has 6 nitrogen and oxygen atoms in total. The molecule has 1 heterocycles. The lowest BCUT2D eigenvalue weighted by Gasteiger charge is -2.41. The summed E-state index contributed by atoms with van der Waals surface area (Å²) in [6, 6.07) is 34.6. The van der Waals surface area contributed by atoms with Gasteiger partial charge in [0, 0.05) is 28.7 Å². The summed E-state index contributed by atoms with van der Waals surface area (Å²) < 4.78 is 18.4. The van der Waals surface area contributed by atoms with Gasteiger partial charge < -0.3 is 24.6 Å². The molecule has 0 aromatic heterocycles. The van der Waals surface area contributed by atoms with Crippen molar-refractivity contribution in [3.63, 3.8) is 0 Å². The monoisotopic (exact) mass is 595 g/mol. The van der Waals surface area contributed by atoms with E-state index in [2.05, 4.69) is 61.3 Å². The first-order valence-electron chi connectivity index (χ1n) is 14.4. The summed E-state index contributed by atoms with van der Waals surface area (Å²) in [5.74, 6) is 0.901. The first-order valence-corrected chi connectivity index (χ1v) is 15.4. The number of aliphatic hydroxyl groups excluding tert-OH is 1. The van der Waals surface area contributed by atoms with E-state index in [0.29, 0.717) is 6.54 Å². The standard InChI is InChI=1S/C36H37NO5S/c1-3-19-40-36(39)37-22-27-9-7-10-29(20-27)30-11-8-12-31(21-30)35-41-33(24-43-32-13-5-4-6-14-32)25(2)34(42-35)28-17-15-26(23-38)16-18-28/h3-18,20-21,25,33-35,38H,1,19,22-24H2,2H3,(H,37,39)/t25-,33+,34+,35+/m0/s1. The number of aliphatic hydroxyl groups is 1. The van der Waals surface area contributed by atoms with Crippen molar-refractivity contribution >= 4 is 17.9 Å². The minimum absolute atomic E-state index is 0.00683. The molecule has 0 spiro atoms. The quantitative estimate of drug-likeness (QED) is 0.136. The van der Waals surface area contributed by atoms with Crippen LogP contribution in [0.4, 0.5) is 4.79 Å². The van der Waals surface area contributed by atoms with E-state index in [-0.39, 0.29) is 31.3 Å². The molecule has 43 heavy (non-hydrogen) atoms. The number of rotatable bonds is 11. The number of benzene rings is 4. The maximum Gasteiger partial charge on any atom is 0.407 e. The van der Waals surface area contributed by atoms with Crippen LogP contribution < -0.4 is 5.32 Å². The van der Waals surface area contributed by atoms with E-state index in [4.69, 9.17) is 14.2 Å². The second-order valence-corrected chi connectivity index (χ2v) is 11.6. The molecule has 222 valence electrons. The van der Waals surface area contributed by atoms with E-state index in [9.17, 15) is 9.90 Å². The number of carbonyl (C=O) groups is 1. The zero-order valence-electron chi connectivity index (χ0n) is 24.2. The van der Waals surface area contributed by atoms with Gasteiger partial charge in [0.1, 0.15) is 6.61 Å². The molecule has 0 radical (unpaired) electrons. The third-order valence-electron chi connectivity index (χ3n) is 7.47. The van der Waals surface area contributed by atoms with Crippen molar-refractivity contribution in [1.82, 2.24) is 5.32 Å². The largest absolute Gasteiger partial charge is 0.445 e. The molecule has 4 atom stereocenters. The van der Waals surface area contributed by atoms with Crippen molar-refractivity contribution in [2.45, 2.75) is 43.5 Å². The molecule has 7 heteroatoms. The molecule has 1 amide bonds. The number of hydrogen-bond acceptors (Lipinski definition) is 6. The number of amides is 1. The Morgan fingerprint density at radius 1 is 0.907 bits per heavy atom. The SMILES string of the molecule is C=CCOC(=O)NCc1cccc(-c2cccc([C@@H]3O[C@H](CSc4ccccc4)[C@H](C)[C@H](c4ccc(CO)cc4)O3)c2)c1. The first kappa shape index (κ1) is 30.6. The zero-order valence-corrected chi connectivity index (χ0v) is 25.0. The predicted octanol–water partition coefficient (Wildman–Crippen LogP) is 7.84. The summed E-state index contributed by atoms with van der Waals surface area (Å²) in [6.07, 6.45) is 0.280. The molecule has 1 saturated heterocycles. The molecule has 4 aromatic rings. The highest BCUT2D eigenvalue weighted by Crippen LogP contribution is 2.43. The Morgan fingerprint density at radius 2 is 1.65 bits per heavy atom. The zero-order chi connectivity index (χ0) is 30.0. The van der Waals surface area contributed by atoms with Crippen LogP contribution in [0, 0.1) is 5.92 Å². The molecule has 1 fully saturated rings. The number of ether oxygens (including phenoxy) is 3. The van der Waals surface area contributed by atoms with Gasteiger partial charge >= 0.3 is 6.09 Å². The van der Waals surface area contributed by atoms with E-state index >= 15 is 0 Å². The Hall–Kier alpha value is -3.88. The second-order valence-electron chi connectivity index (χ2n) is 10.5. The van der Waals surface area contributed by atoms with Crippen LogP contribution in [0.25, 0.3) is 11.1 Å². The van der Waals surface area contributed by atoms with Gasteiger partial charge in [0.2, 0.25) is 0 Å². The van der Waals surface area contributed by atoms with Crippen molar-refractivity contribution in [2.24, 2.45) is 5.92 Å². The molecule has 2 N–H and O–H groups in total. The van der Waals surface area contributed by atoms with E-state index in [1.54, 1.807) is 11.8 Å². The molecular formula is C36H37NO5S. The van der Waals surface area contributed by atoms with Crippen molar-refractivity contribution in [1.29, 1.82) is 0 Å². The van der Waals surface area contributed by atoms with Crippen LogP contribution in [-0.4, -0.2) is 29.7 Å². The fraction of sp³-hybridized carbons (Fsp3) is 0.250. The Balaban J connectivity index is 1.37. The van der Waals surface area contributed by atoms with Gasteiger partial charge in [-0.3, -0.25) is 0 Å². The number of hydrogen-bond donors (Lipinski definition) is 2. The van der Waals surface area contributed by atoms with Gasteiger partial charge in [-0.05, 0) is 52.1 Å². The minimum atomic E-state index is -0.551. The average molecular weight is 596 g/mol. The van der Waals surface area contributed by atoms with Gasteiger partial charge in [0.25, 0.3) is 0 Å². The van der Waals surface area contributed by atoms with Crippen LogP contribution in [0.2, 0.25) is 0 Å². The summed E-state index contributed by atoms with van der Waals surface area (Å²) >= 11 is 1.79. The highest BCUT2D eigenvalue weighted by Gasteiger charge is 2.38. The number of carbonyl (C=O) groups excluding carboxylic acids is 1. The van der Waals surface area contributed by atoms with Crippen molar-refractivity contribution < 1.29 is 24.1 Å². The van der Waals surface area contributed by atoms with E-state index in [1.165, 1.54) is 11.0 Å². The van der Waals surface area contributed by atoms with E-state index in [0.717, 1.165) is 39.1 Å². The van der Waals surface area contributed by atoms with Gasteiger partial charge in [-0.25, -0.2) is 4.79 Å². The van der Waals surface area contributed by atoms with Crippen LogP contribution >= 0.6 is 11.8 Å². The smallest absolute Gasteiger partial charge is 0.407 e. The first-order chi connectivity index (χ1) is 21.0. The summed E-state index contributed by atoms with van der Waals surface area (Å²) in [4.78, 5) is 13.1. The van der Waals surface area contributed by atoms with E-state index in [1.807, 2.05) is 60.7 Å². The third-order valence-corrected chi connectivity index (χ3v) is 8.57. The predicted molar refractivity (Wildman–Crippen MR) is 170 cm³/mol. The lowest BCUT2D eigenvalue weighted by atomic mass is 9.91. The van der Waals surface area contributed by atoms with Gasteiger partial charge in [0.15, 0.2) is 6.29 Å². The summed E-state index contributed by atoms with van der Waals surface area (Å²) in [7, 11) is 0.